The molecule has 0 bridgehead atoms. The van der Waals surface area contributed by atoms with E-state index in [1.54, 1.807) is 6.92 Å². The van der Waals surface area contributed by atoms with E-state index in [0.29, 0.717) is 12.2 Å². The number of aromatic nitrogens is 2. The van der Waals surface area contributed by atoms with Gasteiger partial charge in [-0.15, -0.1) is 0 Å². The van der Waals surface area contributed by atoms with Gasteiger partial charge in [0.1, 0.15) is 0 Å². The van der Waals surface area contributed by atoms with Crippen LogP contribution in [-0.4, -0.2) is 22.2 Å². The molecule has 1 aliphatic rings. The molecular weight excluding hydrogens is 319 g/mol. The third-order valence-corrected chi connectivity index (χ3v) is 4.32. The van der Waals surface area contributed by atoms with Gasteiger partial charge < -0.3 is 5.32 Å². The number of hydrogen-bond donors (Lipinski definition) is 1. The molecule has 4 nitrogen and oxygen atoms in total. The molecule has 1 N–H and O–H groups in total. The second kappa shape index (κ2) is 8.03. The maximum absolute atomic E-state index is 12.9. The lowest BCUT2D eigenvalue weighted by Crippen LogP contribution is -2.32. The Morgan fingerprint density at radius 2 is 2.08 bits per heavy atom. The first kappa shape index (κ1) is 18.8. The molecule has 1 aliphatic carbocycles. The van der Waals surface area contributed by atoms with Crippen LogP contribution in [0.1, 0.15) is 69.7 Å². The molecule has 0 aromatic carbocycles. The molecule has 0 aliphatic heterocycles. The highest BCUT2D eigenvalue weighted by atomic mass is 19.4. The number of halogens is 3. The molecule has 1 atom stereocenters. The van der Waals surface area contributed by atoms with Gasteiger partial charge in [0.25, 0.3) is 0 Å². The third kappa shape index (κ3) is 5.24. The Morgan fingerprint density at radius 3 is 2.67 bits per heavy atom. The van der Waals surface area contributed by atoms with E-state index in [1.165, 1.54) is 4.68 Å². The van der Waals surface area contributed by atoms with Gasteiger partial charge in [0, 0.05) is 18.2 Å². The van der Waals surface area contributed by atoms with E-state index in [1.807, 2.05) is 0 Å². The van der Waals surface area contributed by atoms with Crippen LogP contribution >= 0.6 is 0 Å². The molecule has 24 heavy (non-hydrogen) atoms. The minimum atomic E-state index is -4.44. The summed E-state index contributed by atoms with van der Waals surface area (Å²) in [5.41, 5.74) is -0.263. The van der Waals surface area contributed by atoms with Crippen LogP contribution in [0.2, 0.25) is 0 Å². The van der Waals surface area contributed by atoms with Crippen molar-refractivity contribution in [3.63, 3.8) is 0 Å². The van der Waals surface area contributed by atoms with Gasteiger partial charge in [-0.05, 0) is 25.3 Å². The number of rotatable bonds is 9. The maximum Gasteiger partial charge on any atom is 0.435 e. The molecule has 2 rings (SSSR count). The Balaban J connectivity index is 1.92. The lowest BCUT2D eigenvalue weighted by atomic mass is 10.1. The average molecular weight is 345 g/mol. The van der Waals surface area contributed by atoms with Crippen molar-refractivity contribution in [3.05, 3.63) is 17.5 Å². The van der Waals surface area contributed by atoms with Crippen LogP contribution in [-0.2, 0) is 17.5 Å². The number of hydrogen-bond acceptors (Lipinski definition) is 2. The second-order valence-corrected chi connectivity index (χ2v) is 6.66. The van der Waals surface area contributed by atoms with Gasteiger partial charge in [0.15, 0.2) is 5.69 Å². The van der Waals surface area contributed by atoms with Gasteiger partial charge in [0.2, 0.25) is 5.91 Å². The van der Waals surface area contributed by atoms with Crippen LogP contribution < -0.4 is 5.32 Å². The quantitative estimate of drug-likeness (QED) is 0.685. The van der Waals surface area contributed by atoms with Crippen LogP contribution in [0.25, 0.3) is 0 Å². The van der Waals surface area contributed by atoms with Crippen molar-refractivity contribution in [2.75, 3.05) is 6.54 Å². The second-order valence-electron chi connectivity index (χ2n) is 6.66. The predicted molar refractivity (Wildman–Crippen MR) is 85.5 cm³/mol. The first-order valence-electron chi connectivity index (χ1n) is 8.75. The highest BCUT2D eigenvalue weighted by Gasteiger charge is 2.38. The van der Waals surface area contributed by atoms with E-state index in [-0.39, 0.29) is 18.4 Å². The minimum Gasteiger partial charge on any atom is -0.356 e. The van der Waals surface area contributed by atoms with E-state index < -0.39 is 17.8 Å². The molecule has 136 valence electrons. The number of nitrogens with one attached hydrogen (secondary N) is 1. The predicted octanol–water partition coefficient (Wildman–Crippen LogP) is 4.11. The van der Waals surface area contributed by atoms with Gasteiger partial charge in [0.05, 0.1) is 12.5 Å². The normalized spacial score (nSPS) is 16.2. The van der Waals surface area contributed by atoms with Crippen molar-refractivity contribution in [2.24, 2.45) is 5.92 Å². The van der Waals surface area contributed by atoms with Gasteiger partial charge in [-0.2, -0.15) is 18.3 Å². The van der Waals surface area contributed by atoms with E-state index >= 15 is 0 Å². The highest BCUT2D eigenvalue weighted by molar-refractivity contribution is 5.78. The summed E-state index contributed by atoms with van der Waals surface area (Å²) in [6.07, 6.45) is 1.62. The molecule has 1 heterocycles. The molecule has 1 saturated carbocycles. The van der Waals surface area contributed by atoms with Crippen molar-refractivity contribution < 1.29 is 18.0 Å². The number of alkyl halides is 3. The number of carbonyl (C=O) groups is 1. The molecule has 1 aromatic heterocycles. The SMILES string of the molecule is CCCCCCNC(=O)C(C)Cn1nc(C(F)(F)F)cc1C1CC1. The first-order valence-corrected chi connectivity index (χ1v) is 8.75. The molecule has 0 spiro atoms. The molecule has 0 saturated heterocycles. The topological polar surface area (TPSA) is 46.9 Å². The summed E-state index contributed by atoms with van der Waals surface area (Å²) in [6, 6.07) is 1.13. The Morgan fingerprint density at radius 1 is 1.38 bits per heavy atom. The number of nitrogens with zero attached hydrogens (tertiary/aromatic N) is 2. The third-order valence-electron chi connectivity index (χ3n) is 4.32. The van der Waals surface area contributed by atoms with Crippen molar-refractivity contribution in [3.8, 4) is 0 Å². The summed E-state index contributed by atoms with van der Waals surface area (Å²) in [6.45, 7) is 4.65. The Hall–Kier alpha value is -1.53. The monoisotopic (exact) mass is 345 g/mol. The van der Waals surface area contributed by atoms with E-state index in [9.17, 15) is 18.0 Å². The lowest BCUT2D eigenvalue weighted by Gasteiger charge is -2.14. The fraction of sp³-hybridized carbons (Fsp3) is 0.765. The Labute approximate surface area is 140 Å². The fourth-order valence-corrected chi connectivity index (χ4v) is 2.70. The van der Waals surface area contributed by atoms with Gasteiger partial charge in [-0.25, -0.2) is 0 Å². The average Bonchev–Trinajstić information content (AvgIpc) is 3.26. The van der Waals surface area contributed by atoms with Crippen molar-refractivity contribution in [1.82, 2.24) is 15.1 Å². The first-order chi connectivity index (χ1) is 11.3. The van der Waals surface area contributed by atoms with E-state index in [2.05, 4.69) is 17.3 Å². The molecular formula is C17H26F3N3O. The minimum absolute atomic E-state index is 0.127. The zero-order chi connectivity index (χ0) is 17.7. The smallest absolute Gasteiger partial charge is 0.356 e. The summed E-state index contributed by atoms with van der Waals surface area (Å²) in [5.74, 6) is -0.384. The standard InChI is InChI=1S/C17H26F3N3O/c1-3-4-5-6-9-21-16(24)12(2)11-23-14(13-7-8-13)10-15(22-23)17(18,19)20/h10,12-13H,3-9,11H2,1-2H3,(H,21,24). The zero-order valence-electron chi connectivity index (χ0n) is 14.3. The largest absolute Gasteiger partial charge is 0.435 e. The van der Waals surface area contributed by atoms with Crippen LogP contribution in [0.3, 0.4) is 0 Å². The Bertz CT molecular complexity index is 550. The van der Waals surface area contributed by atoms with Crippen LogP contribution in [0, 0.1) is 5.92 Å². The van der Waals surface area contributed by atoms with E-state index in [4.69, 9.17) is 0 Å². The molecule has 1 unspecified atom stereocenters. The highest BCUT2D eigenvalue weighted by Crippen LogP contribution is 2.42. The fourth-order valence-electron chi connectivity index (χ4n) is 2.70. The van der Waals surface area contributed by atoms with Crippen LogP contribution in [0.15, 0.2) is 6.07 Å². The van der Waals surface area contributed by atoms with Crippen molar-refractivity contribution >= 4 is 5.91 Å². The van der Waals surface area contributed by atoms with Gasteiger partial charge in [-0.3, -0.25) is 9.48 Å². The summed E-state index contributed by atoms with van der Waals surface area (Å²) < 4.78 is 40.0. The molecule has 0 radical (unpaired) electrons. The summed E-state index contributed by atoms with van der Waals surface area (Å²) in [7, 11) is 0. The van der Waals surface area contributed by atoms with Gasteiger partial charge in [-0.1, -0.05) is 33.1 Å². The lowest BCUT2D eigenvalue weighted by molar-refractivity contribution is -0.141. The summed E-state index contributed by atoms with van der Waals surface area (Å²) >= 11 is 0. The molecule has 1 fully saturated rings. The molecule has 1 amide bonds. The van der Waals surface area contributed by atoms with E-state index in [0.717, 1.165) is 44.6 Å². The van der Waals surface area contributed by atoms with Crippen molar-refractivity contribution in [1.29, 1.82) is 0 Å². The zero-order valence-corrected chi connectivity index (χ0v) is 14.3. The van der Waals surface area contributed by atoms with Gasteiger partial charge >= 0.3 is 6.18 Å². The maximum atomic E-state index is 12.9. The number of carbonyl (C=O) groups excluding carboxylic acids is 1. The molecule has 1 aromatic rings. The Kier molecular flexibility index (Phi) is 6.29. The number of amides is 1. The number of unbranched alkanes of at least 4 members (excludes halogenated alkanes) is 3. The van der Waals surface area contributed by atoms with Crippen LogP contribution in [0.4, 0.5) is 13.2 Å². The molecule has 7 heteroatoms. The summed E-state index contributed by atoms with van der Waals surface area (Å²) in [4.78, 5) is 12.1. The summed E-state index contributed by atoms with van der Waals surface area (Å²) in [5, 5.41) is 6.56. The van der Waals surface area contributed by atoms with Crippen molar-refractivity contribution in [2.45, 2.75) is 71.0 Å². The van der Waals surface area contributed by atoms with Crippen LogP contribution in [0.5, 0.6) is 0 Å².